The largest absolute Gasteiger partial charge is 0.420 e. The molecule has 0 atom stereocenters. The molecule has 15 heteroatoms. The third-order valence-corrected chi connectivity index (χ3v) is 4.99. The van der Waals surface area contributed by atoms with E-state index in [-0.39, 0.29) is 26.2 Å². The van der Waals surface area contributed by atoms with E-state index in [4.69, 9.17) is 33.2 Å². The van der Waals surface area contributed by atoms with E-state index in [0.29, 0.717) is 91.4 Å². The molecule has 0 bridgehead atoms. The third-order valence-electron chi connectivity index (χ3n) is 4.99. The summed E-state index contributed by atoms with van der Waals surface area (Å²) >= 11 is 0. The summed E-state index contributed by atoms with van der Waals surface area (Å²) < 4.78 is 83.6. The summed E-state index contributed by atoms with van der Waals surface area (Å²) in [7, 11) is 0. The number of benzene rings is 1. The average Bonchev–Trinajstić information content (AvgIpc) is 3.40. The highest BCUT2D eigenvalue weighted by Gasteiger charge is 2.16. The monoisotopic (exact) mass is 593 g/mol. The third kappa shape index (κ3) is 16.4. The number of nitrogens with zero attached hydrogens (tertiary/aromatic N) is 3. The minimum absolute atomic E-state index is 0.0324. The lowest BCUT2D eigenvalue weighted by atomic mass is 10.3. The van der Waals surface area contributed by atoms with Crippen molar-refractivity contribution in [2.45, 2.75) is 26.5 Å². The van der Waals surface area contributed by atoms with E-state index in [2.05, 4.69) is 15.0 Å². The quantitative estimate of drug-likeness (QED) is 0.0958. The number of carbonyl (C=O) groups is 1. The van der Waals surface area contributed by atoms with Crippen molar-refractivity contribution in [3.63, 3.8) is 0 Å². The van der Waals surface area contributed by atoms with Crippen LogP contribution in [-0.2, 0) is 51.1 Å². The molecule has 12 nitrogen and oxygen atoms in total. The van der Waals surface area contributed by atoms with Crippen LogP contribution in [0, 0.1) is 17.5 Å². The fourth-order valence-corrected chi connectivity index (χ4v) is 3.04. The van der Waals surface area contributed by atoms with Crippen LogP contribution >= 0.6 is 0 Å². The van der Waals surface area contributed by atoms with E-state index in [1.54, 1.807) is 10.9 Å². The summed E-state index contributed by atoms with van der Waals surface area (Å²) in [6, 6.07) is 0.853. The van der Waals surface area contributed by atoms with E-state index >= 15 is 0 Å². The van der Waals surface area contributed by atoms with Crippen molar-refractivity contribution in [2.75, 3.05) is 85.9 Å². The molecular weight excluding hydrogens is 555 g/mol. The van der Waals surface area contributed by atoms with Crippen molar-refractivity contribution in [1.82, 2.24) is 15.0 Å². The van der Waals surface area contributed by atoms with Crippen molar-refractivity contribution in [3.05, 3.63) is 41.5 Å². The molecule has 0 aliphatic rings. The average molecular weight is 594 g/mol. The summed E-state index contributed by atoms with van der Waals surface area (Å²) in [4.78, 5) is 11.7. The molecule has 41 heavy (non-hydrogen) atoms. The van der Waals surface area contributed by atoms with Crippen molar-refractivity contribution in [2.24, 2.45) is 0 Å². The summed E-state index contributed by atoms with van der Waals surface area (Å²) in [5.74, 6) is -5.55. The molecule has 0 radical (unpaired) electrons. The summed E-state index contributed by atoms with van der Waals surface area (Å²) in [6.45, 7) is 8.03. The Balaban J connectivity index is 1.34. The molecule has 0 aliphatic heterocycles. The second-order valence-corrected chi connectivity index (χ2v) is 8.21. The fraction of sp³-hybridized carbons (Fsp3) is 0.654. The molecule has 0 aliphatic carbocycles. The maximum absolute atomic E-state index is 13.5. The lowest BCUT2D eigenvalue weighted by molar-refractivity contribution is -0.136. The van der Waals surface area contributed by atoms with Gasteiger partial charge in [0.1, 0.15) is 11.5 Å². The Labute approximate surface area is 236 Å². The molecule has 2 rings (SSSR count). The van der Waals surface area contributed by atoms with Gasteiger partial charge in [-0.2, -0.15) is 0 Å². The zero-order valence-corrected chi connectivity index (χ0v) is 23.2. The Morgan fingerprint density at radius 3 is 1.83 bits per heavy atom. The zero-order valence-electron chi connectivity index (χ0n) is 23.2. The molecule has 0 unspecified atom stereocenters. The second kappa shape index (κ2) is 22.0. The normalized spacial score (nSPS) is 11.3. The van der Waals surface area contributed by atoms with Crippen LogP contribution in [0.2, 0.25) is 0 Å². The predicted octanol–water partition coefficient (Wildman–Crippen LogP) is 2.33. The molecular formula is C26H38F3N3O9. The molecule has 0 N–H and O–H groups in total. The van der Waals surface area contributed by atoms with Gasteiger partial charge in [0.05, 0.1) is 105 Å². The first-order valence-electron chi connectivity index (χ1n) is 13.3. The molecule has 0 amide bonds. The highest BCUT2D eigenvalue weighted by Crippen LogP contribution is 2.23. The van der Waals surface area contributed by atoms with Crippen LogP contribution in [0.4, 0.5) is 13.2 Å². The number of carbonyl (C=O) groups excluding carboxylic acids is 1. The minimum Gasteiger partial charge on any atom is -0.420 e. The highest BCUT2D eigenvalue weighted by molar-refractivity contribution is 5.72. The Morgan fingerprint density at radius 2 is 1.24 bits per heavy atom. The SMILES string of the molecule is CCOCCOCCOCc1cn(CCOCCOCCOCCOCCC(=O)Oc2c(F)cc(F)cc2F)nn1. The van der Waals surface area contributed by atoms with Gasteiger partial charge in [0, 0.05) is 18.7 Å². The van der Waals surface area contributed by atoms with Crippen LogP contribution in [0.3, 0.4) is 0 Å². The minimum atomic E-state index is -1.30. The number of halogens is 3. The van der Waals surface area contributed by atoms with Crippen LogP contribution in [0.5, 0.6) is 5.75 Å². The van der Waals surface area contributed by atoms with E-state index in [1.165, 1.54) is 0 Å². The van der Waals surface area contributed by atoms with Gasteiger partial charge in [-0.05, 0) is 6.92 Å². The molecule has 1 aromatic heterocycles. The molecule has 232 valence electrons. The molecule has 2 aromatic rings. The number of aromatic nitrogens is 3. The number of ether oxygens (including phenoxy) is 8. The molecule has 0 saturated heterocycles. The van der Waals surface area contributed by atoms with Gasteiger partial charge in [-0.15, -0.1) is 5.10 Å². The number of rotatable bonds is 25. The first-order chi connectivity index (χ1) is 20.0. The Hall–Kier alpha value is -2.66. The Bertz CT molecular complexity index is 962. The summed E-state index contributed by atoms with van der Waals surface area (Å²) in [5.41, 5.74) is 0.728. The Kier molecular flexibility index (Phi) is 18.5. The molecule has 0 saturated carbocycles. The van der Waals surface area contributed by atoms with Gasteiger partial charge in [0.2, 0.25) is 5.75 Å². The highest BCUT2D eigenvalue weighted by atomic mass is 19.1. The predicted molar refractivity (Wildman–Crippen MR) is 137 cm³/mol. The van der Waals surface area contributed by atoms with Gasteiger partial charge in [0.25, 0.3) is 0 Å². The van der Waals surface area contributed by atoms with Gasteiger partial charge >= 0.3 is 5.97 Å². The first kappa shape index (κ1) is 34.5. The van der Waals surface area contributed by atoms with Crippen LogP contribution in [-0.4, -0.2) is 107 Å². The van der Waals surface area contributed by atoms with E-state index < -0.39 is 29.2 Å². The number of hydrogen-bond acceptors (Lipinski definition) is 11. The lowest BCUT2D eigenvalue weighted by Crippen LogP contribution is -2.15. The van der Waals surface area contributed by atoms with Gasteiger partial charge in [0.15, 0.2) is 11.6 Å². The standard InChI is InChI=1S/C26H38F3N3O9/c1-2-34-7-8-37-15-16-40-20-22-19-32(31-30-22)4-6-36-10-12-39-14-13-38-11-9-35-5-3-25(33)41-26-23(28)17-21(27)18-24(26)29/h17-19H,2-16,20H2,1H3. The molecule has 1 aromatic carbocycles. The fourth-order valence-electron chi connectivity index (χ4n) is 3.04. The van der Waals surface area contributed by atoms with Gasteiger partial charge in [-0.25, -0.2) is 17.9 Å². The zero-order chi connectivity index (χ0) is 29.5. The van der Waals surface area contributed by atoms with Crippen LogP contribution in [0.25, 0.3) is 0 Å². The topological polar surface area (TPSA) is 122 Å². The van der Waals surface area contributed by atoms with E-state index in [9.17, 15) is 18.0 Å². The van der Waals surface area contributed by atoms with E-state index in [1.807, 2.05) is 6.92 Å². The summed E-state index contributed by atoms with van der Waals surface area (Å²) in [5, 5.41) is 8.09. The number of esters is 1. The van der Waals surface area contributed by atoms with Crippen molar-refractivity contribution in [1.29, 1.82) is 0 Å². The maximum Gasteiger partial charge on any atom is 0.313 e. The molecule has 0 spiro atoms. The van der Waals surface area contributed by atoms with Crippen molar-refractivity contribution < 1.29 is 55.9 Å². The molecule has 1 heterocycles. The van der Waals surface area contributed by atoms with E-state index in [0.717, 1.165) is 5.69 Å². The van der Waals surface area contributed by atoms with Gasteiger partial charge in [-0.3, -0.25) is 4.79 Å². The van der Waals surface area contributed by atoms with Gasteiger partial charge in [-0.1, -0.05) is 5.21 Å². The maximum atomic E-state index is 13.5. The summed E-state index contributed by atoms with van der Waals surface area (Å²) in [6.07, 6.45) is 1.57. The van der Waals surface area contributed by atoms with Gasteiger partial charge < -0.3 is 37.9 Å². The lowest BCUT2D eigenvalue weighted by Gasteiger charge is -2.08. The number of hydrogen-bond donors (Lipinski definition) is 0. The second-order valence-electron chi connectivity index (χ2n) is 8.21. The smallest absolute Gasteiger partial charge is 0.313 e. The first-order valence-corrected chi connectivity index (χ1v) is 13.3. The van der Waals surface area contributed by atoms with Crippen LogP contribution in [0.15, 0.2) is 18.3 Å². The van der Waals surface area contributed by atoms with Crippen molar-refractivity contribution >= 4 is 5.97 Å². The van der Waals surface area contributed by atoms with Crippen molar-refractivity contribution in [3.8, 4) is 5.75 Å². The molecule has 0 fully saturated rings. The van der Waals surface area contributed by atoms with Crippen LogP contribution in [0.1, 0.15) is 19.0 Å². The van der Waals surface area contributed by atoms with Crippen LogP contribution < -0.4 is 4.74 Å². The Morgan fingerprint density at radius 1 is 0.732 bits per heavy atom.